The lowest BCUT2D eigenvalue weighted by Gasteiger charge is -2.34. The lowest BCUT2D eigenvalue weighted by Crippen LogP contribution is -2.45. The predicted molar refractivity (Wildman–Crippen MR) is 109 cm³/mol. The Morgan fingerprint density at radius 2 is 1.59 bits per heavy atom. The van der Waals surface area contributed by atoms with Gasteiger partial charge >= 0.3 is 0 Å². The minimum absolute atomic E-state index is 0.186. The summed E-state index contributed by atoms with van der Waals surface area (Å²) in [5.74, 6) is 1.06. The third-order valence-corrected chi connectivity index (χ3v) is 5.38. The van der Waals surface area contributed by atoms with Crippen molar-refractivity contribution in [2.24, 2.45) is 0 Å². The fourth-order valence-electron chi connectivity index (χ4n) is 3.75. The number of aromatic nitrogens is 1. The van der Waals surface area contributed by atoms with Gasteiger partial charge in [0.1, 0.15) is 11.6 Å². The molecule has 2 aromatic carbocycles. The molecule has 1 aliphatic rings. The molecule has 0 amide bonds. The summed E-state index contributed by atoms with van der Waals surface area (Å²) in [4.78, 5) is 4.84. The van der Waals surface area contributed by atoms with Crippen LogP contribution in [0.5, 0.6) is 0 Å². The van der Waals surface area contributed by atoms with Crippen molar-refractivity contribution < 1.29 is 4.39 Å². The number of anilines is 1. The number of nitrogens with zero attached hydrogens (tertiary/aromatic N) is 3. The molecule has 1 saturated heterocycles. The van der Waals surface area contributed by atoms with Gasteiger partial charge in [-0.2, -0.15) is 0 Å². The summed E-state index contributed by atoms with van der Waals surface area (Å²) in [5.41, 5.74) is 4.86. The molecule has 0 unspecified atom stereocenters. The van der Waals surface area contributed by atoms with Crippen molar-refractivity contribution in [1.29, 1.82) is 0 Å². The van der Waals surface area contributed by atoms with E-state index in [0.717, 1.165) is 38.2 Å². The topological polar surface area (TPSA) is 11.4 Å². The molecule has 0 aliphatic carbocycles. The maximum atomic E-state index is 13.2. The van der Waals surface area contributed by atoms with Crippen LogP contribution in [0, 0.1) is 12.7 Å². The Hall–Kier alpha value is -2.59. The van der Waals surface area contributed by atoms with Crippen molar-refractivity contribution in [2.75, 3.05) is 38.1 Å². The van der Waals surface area contributed by atoms with Gasteiger partial charge in [-0.25, -0.2) is 4.39 Å². The second kappa shape index (κ2) is 7.57. The standard InChI is InChI=1S/C23H26FN3/c1-18-5-3-4-6-22(18)27-17-20(15-19-7-9-21(24)10-8-19)16-23(27)26-13-11-25(2)12-14-26/h3-10,16-17H,11-15H2,1-2H3. The average Bonchev–Trinajstić information content (AvgIpc) is 3.08. The van der Waals surface area contributed by atoms with E-state index in [1.54, 1.807) is 0 Å². The molecule has 0 N–H and O–H groups in total. The van der Waals surface area contributed by atoms with E-state index in [4.69, 9.17) is 0 Å². The quantitative estimate of drug-likeness (QED) is 0.686. The van der Waals surface area contributed by atoms with E-state index < -0.39 is 0 Å². The molecule has 4 rings (SSSR count). The summed E-state index contributed by atoms with van der Waals surface area (Å²) in [5, 5.41) is 0. The van der Waals surface area contributed by atoms with Gasteiger partial charge in [0.05, 0.1) is 0 Å². The van der Waals surface area contributed by atoms with Crippen LogP contribution in [0.1, 0.15) is 16.7 Å². The zero-order valence-electron chi connectivity index (χ0n) is 16.0. The Morgan fingerprint density at radius 3 is 2.30 bits per heavy atom. The maximum Gasteiger partial charge on any atom is 0.123 e. The number of aryl methyl sites for hydroxylation is 1. The van der Waals surface area contributed by atoms with E-state index in [2.05, 4.69) is 64.9 Å². The van der Waals surface area contributed by atoms with Crippen LogP contribution < -0.4 is 4.90 Å². The number of para-hydroxylation sites is 1. The van der Waals surface area contributed by atoms with Crippen molar-refractivity contribution in [3.05, 3.63) is 83.3 Å². The van der Waals surface area contributed by atoms with Crippen LogP contribution in [0.3, 0.4) is 0 Å². The highest BCUT2D eigenvalue weighted by molar-refractivity contribution is 5.55. The molecule has 3 aromatic rings. The summed E-state index contributed by atoms with van der Waals surface area (Å²) >= 11 is 0. The first kappa shape index (κ1) is 17.8. The Bertz CT molecular complexity index is 906. The summed E-state index contributed by atoms with van der Waals surface area (Å²) in [6.45, 7) is 6.37. The van der Waals surface area contributed by atoms with E-state index in [1.807, 2.05) is 12.1 Å². The van der Waals surface area contributed by atoms with Crippen molar-refractivity contribution in [3.8, 4) is 5.69 Å². The van der Waals surface area contributed by atoms with Gasteiger partial charge in [-0.1, -0.05) is 30.3 Å². The van der Waals surface area contributed by atoms with Crippen molar-refractivity contribution >= 4 is 5.82 Å². The number of rotatable bonds is 4. The fourth-order valence-corrected chi connectivity index (χ4v) is 3.75. The van der Waals surface area contributed by atoms with Crippen molar-refractivity contribution in [3.63, 3.8) is 0 Å². The molecule has 4 heteroatoms. The smallest absolute Gasteiger partial charge is 0.123 e. The molecule has 1 fully saturated rings. The van der Waals surface area contributed by atoms with Gasteiger partial charge in [0.2, 0.25) is 0 Å². The fraction of sp³-hybridized carbons (Fsp3) is 0.304. The summed E-state index contributed by atoms with van der Waals surface area (Å²) in [6.07, 6.45) is 3.04. The molecule has 0 atom stereocenters. The van der Waals surface area contributed by atoms with Crippen LogP contribution in [0.25, 0.3) is 5.69 Å². The number of hydrogen-bond acceptors (Lipinski definition) is 2. The SMILES string of the molecule is Cc1ccccc1-n1cc(Cc2ccc(F)cc2)cc1N1CCN(C)CC1. The van der Waals surface area contributed by atoms with E-state index in [0.29, 0.717) is 0 Å². The molecular formula is C23H26FN3. The van der Waals surface area contributed by atoms with Crippen LogP contribution in [-0.4, -0.2) is 42.7 Å². The lowest BCUT2D eigenvalue weighted by atomic mass is 10.1. The van der Waals surface area contributed by atoms with Crippen molar-refractivity contribution in [1.82, 2.24) is 9.47 Å². The van der Waals surface area contributed by atoms with Crippen LogP contribution in [0.4, 0.5) is 10.2 Å². The van der Waals surface area contributed by atoms with Crippen LogP contribution in [0.2, 0.25) is 0 Å². The summed E-state index contributed by atoms with van der Waals surface area (Å²) in [7, 11) is 2.18. The number of benzene rings is 2. The molecule has 2 heterocycles. The van der Waals surface area contributed by atoms with E-state index in [-0.39, 0.29) is 5.82 Å². The maximum absolute atomic E-state index is 13.2. The Balaban J connectivity index is 1.70. The molecule has 1 aliphatic heterocycles. The normalized spacial score (nSPS) is 15.3. The minimum Gasteiger partial charge on any atom is -0.355 e. The number of halogens is 1. The first-order valence-corrected chi connectivity index (χ1v) is 9.55. The van der Waals surface area contributed by atoms with Gasteiger partial charge in [-0.15, -0.1) is 0 Å². The van der Waals surface area contributed by atoms with Gasteiger partial charge in [0.25, 0.3) is 0 Å². The van der Waals surface area contributed by atoms with Gasteiger partial charge in [-0.3, -0.25) is 0 Å². The van der Waals surface area contributed by atoms with Gasteiger partial charge in [0, 0.05) is 38.1 Å². The molecule has 0 bridgehead atoms. The predicted octanol–water partition coefficient (Wildman–Crippen LogP) is 4.27. The highest BCUT2D eigenvalue weighted by atomic mass is 19.1. The van der Waals surface area contributed by atoms with Gasteiger partial charge in [-0.05, 0) is 61.3 Å². The number of likely N-dealkylation sites (N-methyl/N-ethyl adjacent to an activating group) is 1. The van der Waals surface area contributed by atoms with E-state index in [1.165, 1.54) is 34.8 Å². The lowest BCUT2D eigenvalue weighted by molar-refractivity contribution is 0.311. The van der Waals surface area contributed by atoms with Gasteiger partial charge < -0.3 is 14.4 Å². The van der Waals surface area contributed by atoms with E-state index in [9.17, 15) is 4.39 Å². The molecular weight excluding hydrogens is 337 g/mol. The first-order chi connectivity index (χ1) is 13.1. The Morgan fingerprint density at radius 1 is 0.889 bits per heavy atom. The largest absolute Gasteiger partial charge is 0.355 e. The Kier molecular flexibility index (Phi) is 4.99. The highest BCUT2D eigenvalue weighted by Gasteiger charge is 2.19. The number of hydrogen-bond donors (Lipinski definition) is 0. The molecule has 140 valence electrons. The highest BCUT2D eigenvalue weighted by Crippen LogP contribution is 2.28. The molecule has 0 saturated carbocycles. The van der Waals surface area contributed by atoms with Crippen LogP contribution in [0.15, 0.2) is 60.8 Å². The first-order valence-electron chi connectivity index (χ1n) is 9.55. The second-order valence-corrected chi connectivity index (χ2v) is 7.46. The average molecular weight is 363 g/mol. The third-order valence-electron chi connectivity index (χ3n) is 5.38. The molecule has 27 heavy (non-hydrogen) atoms. The second-order valence-electron chi connectivity index (χ2n) is 7.46. The third kappa shape index (κ3) is 3.91. The summed E-state index contributed by atoms with van der Waals surface area (Å²) in [6, 6.07) is 17.6. The monoisotopic (exact) mass is 363 g/mol. The van der Waals surface area contributed by atoms with Gasteiger partial charge in [0.15, 0.2) is 0 Å². The number of piperazine rings is 1. The summed E-state index contributed by atoms with van der Waals surface area (Å²) < 4.78 is 15.5. The molecule has 1 aromatic heterocycles. The van der Waals surface area contributed by atoms with E-state index >= 15 is 0 Å². The van der Waals surface area contributed by atoms with Crippen LogP contribution >= 0.6 is 0 Å². The zero-order valence-corrected chi connectivity index (χ0v) is 16.0. The Labute approximate surface area is 160 Å². The molecule has 0 radical (unpaired) electrons. The van der Waals surface area contributed by atoms with Crippen LogP contribution in [-0.2, 0) is 6.42 Å². The van der Waals surface area contributed by atoms with Crippen molar-refractivity contribution in [2.45, 2.75) is 13.3 Å². The minimum atomic E-state index is -0.186. The molecule has 0 spiro atoms. The molecule has 3 nitrogen and oxygen atoms in total. The zero-order chi connectivity index (χ0) is 18.8.